The van der Waals surface area contributed by atoms with E-state index in [4.69, 9.17) is 9.25 Å². The molecule has 1 aromatic heterocycles. The van der Waals surface area contributed by atoms with Crippen molar-refractivity contribution in [1.82, 2.24) is 10.6 Å². The Bertz CT molecular complexity index is 658. The normalized spacial score (nSPS) is 24.2. The number of halogens is 1. The first-order valence-electron chi connectivity index (χ1n) is 6.61. The molecule has 0 spiro atoms. The average Bonchev–Trinajstić information content (AvgIpc) is 2.89. The number of nitrogens with one attached hydrogen (secondary N) is 2. The van der Waals surface area contributed by atoms with Gasteiger partial charge in [-0.2, -0.15) is 0 Å². The van der Waals surface area contributed by atoms with Crippen LogP contribution in [-0.4, -0.2) is 42.6 Å². The minimum absolute atomic E-state index is 0.159. The molecule has 9 nitrogen and oxygen atoms in total. The van der Waals surface area contributed by atoms with Gasteiger partial charge in [0.05, 0.1) is 6.61 Å². The monoisotopic (exact) mass is 327 g/mol. The maximum absolute atomic E-state index is 14.8. The molecular formula is C13H14FN3O6. The Labute approximate surface area is 129 Å². The minimum Gasteiger partial charge on any atom is -0.463 e. The molecule has 2 N–H and O–H groups in total. The summed E-state index contributed by atoms with van der Waals surface area (Å²) in [5, 5.41) is 7.01. The van der Waals surface area contributed by atoms with E-state index < -0.39 is 29.8 Å². The lowest BCUT2D eigenvalue weighted by Gasteiger charge is -2.32. The highest BCUT2D eigenvalue weighted by atomic mass is 19.1. The molecular weight excluding hydrogens is 313 g/mol. The van der Waals surface area contributed by atoms with Gasteiger partial charge in [0.1, 0.15) is 17.7 Å². The molecule has 0 saturated carbocycles. The molecule has 0 aliphatic carbocycles. The molecule has 1 aliphatic heterocycles. The fourth-order valence-corrected chi connectivity index (χ4v) is 1.77. The number of hydrogen-bond donors (Lipinski definition) is 2. The fourth-order valence-electron chi connectivity index (χ4n) is 1.77. The van der Waals surface area contributed by atoms with Crippen molar-refractivity contribution in [1.29, 1.82) is 0 Å². The maximum Gasteiger partial charge on any atom is 0.360 e. The van der Waals surface area contributed by atoms with E-state index in [2.05, 4.69) is 9.89 Å². The van der Waals surface area contributed by atoms with Crippen LogP contribution in [0.4, 0.5) is 9.18 Å². The van der Waals surface area contributed by atoms with Gasteiger partial charge < -0.3 is 14.0 Å². The molecule has 2 atom stereocenters. The molecule has 0 radical (unpaired) electrons. The van der Waals surface area contributed by atoms with Crippen molar-refractivity contribution in [3.05, 3.63) is 23.7 Å². The molecule has 1 fully saturated rings. The van der Waals surface area contributed by atoms with Crippen LogP contribution in [0.15, 0.2) is 21.7 Å². The first-order valence-corrected chi connectivity index (χ1v) is 6.61. The zero-order chi connectivity index (χ0) is 17.0. The van der Waals surface area contributed by atoms with Crippen LogP contribution in [0.5, 0.6) is 0 Å². The van der Waals surface area contributed by atoms with Crippen molar-refractivity contribution in [3.63, 3.8) is 0 Å². The van der Waals surface area contributed by atoms with Crippen LogP contribution in [0.25, 0.3) is 0 Å². The number of furan rings is 1. The fraction of sp³-hybridized carbons (Fsp3) is 0.385. The maximum atomic E-state index is 14.8. The average molecular weight is 327 g/mol. The van der Waals surface area contributed by atoms with Crippen LogP contribution in [0.1, 0.15) is 18.4 Å². The third-order valence-electron chi connectivity index (χ3n) is 2.86. The number of urea groups is 1. The van der Waals surface area contributed by atoms with E-state index in [9.17, 15) is 18.8 Å². The highest BCUT2D eigenvalue weighted by Crippen LogP contribution is 2.23. The Morgan fingerprint density at radius 1 is 1.52 bits per heavy atom. The zero-order valence-electron chi connectivity index (χ0n) is 12.3. The number of alkyl halides is 1. The van der Waals surface area contributed by atoms with E-state index in [1.807, 2.05) is 5.32 Å². The van der Waals surface area contributed by atoms with Crippen LogP contribution >= 0.6 is 0 Å². The van der Waals surface area contributed by atoms with E-state index in [1.165, 1.54) is 6.92 Å². The summed E-state index contributed by atoms with van der Waals surface area (Å²) >= 11 is 0. The van der Waals surface area contributed by atoms with E-state index >= 15 is 0 Å². The van der Waals surface area contributed by atoms with E-state index in [-0.39, 0.29) is 6.61 Å². The standard InChI is InChI=1S/C13H14FN3O6/c1-3-21-11(19)13(14)9(18)16-12(20)17-10(13)23-15-6-8-5-4-7(2)22-8/h4-6,10H,3H2,1-2H3,(H2,16,17,18,20)/b15-6-/t10-,13-/m1/s1. The Morgan fingerprint density at radius 3 is 2.87 bits per heavy atom. The summed E-state index contributed by atoms with van der Waals surface area (Å²) in [6.45, 7) is 2.98. The predicted molar refractivity (Wildman–Crippen MR) is 73.1 cm³/mol. The largest absolute Gasteiger partial charge is 0.463 e. The van der Waals surface area contributed by atoms with Gasteiger partial charge >= 0.3 is 17.7 Å². The number of carbonyl (C=O) groups is 3. The van der Waals surface area contributed by atoms with Gasteiger partial charge in [-0.25, -0.2) is 14.0 Å². The molecule has 1 saturated heterocycles. The first-order chi connectivity index (χ1) is 10.9. The second-order valence-electron chi connectivity index (χ2n) is 4.53. The van der Waals surface area contributed by atoms with Gasteiger partial charge in [0.25, 0.3) is 12.1 Å². The van der Waals surface area contributed by atoms with Crippen molar-refractivity contribution >= 4 is 24.1 Å². The number of rotatable bonds is 5. The van der Waals surface area contributed by atoms with Gasteiger partial charge in [-0.05, 0) is 26.0 Å². The Hall–Kier alpha value is -2.91. The van der Waals surface area contributed by atoms with E-state index in [1.54, 1.807) is 24.4 Å². The molecule has 0 bridgehead atoms. The molecule has 10 heteroatoms. The Kier molecular flexibility index (Phi) is 4.63. The van der Waals surface area contributed by atoms with Gasteiger partial charge in [0.2, 0.25) is 0 Å². The molecule has 2 rings (SSSR count). The van der Waals surface area contributed by atoms with Gasteiger partial charge in [-0.3, -0.25) is 15.4 Å². The second kappa shape index (κ2) is 6.46. The molecule has 2 heterocycles. The summed E-state index contributed by atoms with van der Waals surface area (Å²) in [6.07, 6.45) is -0.882. The smallest absolute Gasteiger partial charge is 0.360 e. The number of hydrogen-bond acceptors (Lipinski definition) is 7. The Balaban J connectivity index is 2.17. The summed E-state index contributed by atoms with van der Waals surface area (Å²) in [4.78, 5) is 39.5. The molecule has 1 aliphatic rings. The van der Waals surface area contributed by atoms with Crippen LogP contribution < -0.4 is 10.6 Å². The number of amides is 3. The SMILES string of the molecule is CCOC(=O)[C@@]1(F)C(=O)NC(=O)N[C@@H]1O/N=C\c1ccc(C)o1. The summed E-state index contributed by atoms with van der Waals surface area (Å²) in [7, 11) is 0. The van der Waals surface area contributed by atoms with Crippen molar-refractivity contribution < 1.29 is 32.8 Å². The third-order valence-corrected chi connectivity index (χ3v) is 2.86. The second-order valence-corrected chi connectivity index (χ2v) is 4.53. The number of imide groups is 1. The number of esters is 1. The van der Waals surface area contributed by atoms with Crippen LogP contribution in [0.2, 0.25) is 0 Å². The lowest BCUT2D eigenvalue weighted by atomic mass is 10.0. The van der Waals surface area contributed by atoms with Crippen molar-refractivity contribution in [3.8, 4) is 0 Å². The molecule has 0 aromatic carbocycles. The lowest BCUT2D eigenvalue weighted by Crippen LogP contribution is -2.70. The van der Waals surface area contributed by atoms with Gasteiger partial charge in [0, 0.05) is 0 Å². The highest BCUT2D eigenvalue weighted by Gasteiger charge is 2.61. The predicted octanol–water partition coefficient (Wildman–Crippen LogP) is 0.375. The Morgan fingerprint density at radius 2 is 2.26 bits per heavy atom. The zero-order valence-corrected chi connectivity index (χ0v) is 12.3. The van der Waals surface area contributed by atoms with Crippen LogP contribution in [0.3, 0.4) is 0 Å². The number of aryl methyl sites for hydroxylation is 1. The summed E-state index contributed by atoms with van der Waals surface area (Å²) in [5.41, 5.74) is -3.26. The van der Waals surface area contributed by atoms with Crippen LogP contribution in [0, 0.1) is 6.92 Å². The third kappa shape index (κ3) is 3.30. The van der Waals surface area contributed by atoms with E-state index in [0.29, 0.717) is 11.5 Å². The quantitative estimate of drug-likeness (QED) is 0.349. The molecule has 23 heavy (non-hydrogen) atoms. The van der Waals surface area contributed by atoms with Gasteiger partial charge in [-0.1, -0.05) is 5.16 Å². The van der Waals surface area contributed by atoms with Crippen LogP contribution in [-0.2, 0) is 19.2 Å². The van der Waals surface area contributed by atoms with Gasteiger partial charge in [-0.15, -0.1) is 0 Å². The first kappa shape index (κ1) is 16.5. The topological polar surface area (TPSA) is 119 Å². The van der Waals surface area contributed by atoms with E-state index in [0.717, 1.165) is 6.21 Å². The van der Waals surface area contributed by atoms with Gasteiger partial charge in [0.15, 0.2) is 0 Å². The lowest BCUT2D eigenvalue weighted by molar-refractivity contribution is -0.179. The number of nitrogens with zero attached hydrogens (tertiary/aromatic N) is 1. The molecule has 3 amide bonds. The number of oxime groups is 1. The highest BCUT2D eigenvalue weighted by molar-refractivity contribution is 6.14. The molecule has 124 valence electrons. The molecule has 0 unspecified atom stereocenters. The number of ether oxygens (including phenoxy) is 1. The summed E-state index contributed by atoms with van der Waals surface area (Å²) < 4.78 is 24.5. The minimum atomic E-state index is -3.26. The summed E-state index contributed by atoms with van der Waals surface area (Å²) in [5.74, 6) is -2.07. The molecule has 1 aromatic rings. The number of carbonyl (C=O) groups excluding carboxylic acids is 3. The van der Waals surface area contributed by atoms with Crippen molar-refractivity contribution in [2.45, 2.75) is 25.7 Å². The van der Waals surface area contributed by atoms with Crippen molar-refractivity contribution in [2.24, 2.45) is 5.16 Å². The van der Waals surface area contributed by atoms with Crippen molar-refractivity contribution in [2.75, 3.05) is 6.61 Å². The summed E-state index contributed by atoms with van der Waals surface area (Å²) in [6, 6.07) is 2.21.